The standard InChI is InChI=1S/C25H34N4O6S/c1-19-11-15-27(16-12-19)14-4-13-26-25(30)18-28(21-6-8-22(35-3)9-7-21)36(33,34)23-10-5-20(2)24(17-23)29(31)32/h5-10,17,19H,4,11-16,18H2,1-3H3,(H,26,30). The van der Waals surface area contributed by atoms with Crippen molar-refractivity contribution >= 4 is 27.3 Å². The Balaban J connectivity index is 1.74. The van der Waals surface area contributed by atoms with Gasteiger partial charge >= 0.3 is 0 Å². The predicted octanol–water partition coefficient (Wildman–Crippen LogP) is 3.35. The van der Waals surface area contributed by atoms with Crippen LogP contribution < -0.4 is 14.4 Å². The van der Waals surface area contributed by atoms with Crippen molar-refractivity contribution in [2.24, 2.45) is 5.92 Å². The van der Waals surface area contributed by atoms with Crippen LogP contribution in [0.5, 0.6) is 5.75 Å². The minimum Gasteiger partial charge on any atom is -0.497 e. The summed E-state index contributed by atoms with van der Waals surface area (Å²) in [5, 5.41) is 14.2. The van der Waals surface area contributed by atoms with Crippen LogP contribution in [-0.2, 0) is 14.8 Å². The van der Waals surface area contributed by atoms with E-state index in [1.807, 2.05) is 0 Å². The van der Waals surface area contributed by atoms with Gasteiger partial charge in [-0.05, 0) is 82.1 Å². The van der Waals surface area contributed by atoms with Crippen LogP contribution >= 0.6 is 0 Å². The second-order valence-corrected chi connectivity index (χ2v) is 11.0. The molecule has 0 aromatic heterocycles. The van der Waals surface area contributed by atoms with E-state index in [1.165, 1.54) is 51.1 Å². The topological polar surface area (TPSA) is 122 Å². The molecule has 0 aliphatic carbocycles. The van der Waals surface area contributed by atoms with Crippen LogP contribution in [0.25, 0.3) is 0 Å². The lowest BCUT2D eigenvalue weighted by atomic mass is 9.99. The number of nitrogens with one attached hydrogen (secondary N) is 1. The smallest absolute Gasteiger partial charge is 0.273 e. The number of ether oxygens (including phenoxy) is 1. The third-order valence-corrected chi connectivity index (χ3v) is 8.23. The van der Waals surface area contributed by atoms with Crippen LogP contribution in [0, 0.1) is 23.0 Å². The van der Waals surface area contributed by atoms with Gasteiger partial charge in [-0.1, -0.05) is 13.0 Å². The van der Waals surface area contributed by atoms with E-state index in [1.54, 1.807) is 12.1 Å². The van der Waals surface area contributed by atoms with E-state index in [4.69, 9.17) is 4.74 Å². The molecule has 1 amide bonds. The van der Waals surface area contributed by atoms with Gasteiger partial charge in [0.15, 0.2) is 0 Å². The number of rotatable bonds is 11. The molecule has 1 aliphatic rings. The largest absolute Gasteiger partial charge is 0.497 e. The molecule has 0 atom stereocenters. The molecule has 11 heteroatoms. The summed E-state index contributed by atoms with van der Waals surface area (Å²) in [6, 6.07) is 9.97. The third kappa shape index (κ3) is 6.94. The summed E-state index contributed by atoms with van der Waals surface area (Å²) in [7, 11) is -2.78. The highest BCUT2D eigenvalue weighted by Crippen LogP contribution is 2.29. The maximum Gasteiger partial charge on any atom is 0.273 e. The van der Waals surface area contributed by atoms with Gasteiger partial charge in [0, 0.05) is 18.2 Å². The molecule has 196 valence electrons. The van der Waals surface area contributed by atoms with E-state index in [-0.39, 0.29) is 16.3 Å². The molecule has 10 nitrogen and oxygen atoms in total. The molecular weight excluding hydrogens is 484 g/mol. The second kappa shape index (κ2) is 12.2. The lowest BCUT2D eigenvalue weighted by molar-refractivity contribution is -0.385. The van der Waals surface area contributed by atoms with Gasteiger partial charge in [0.1, 0.15) is 12.3 Å². The summed E-state index contributed by atoms with van der Waals surface area (Å²) < 4.78 is 33.2. The molecule has 2 aromatic carbocycles. The molecule has 1 N–H and O–H groups in total. The number of aryl methyl sites for hydroxylation is 1. The normalized spacial score (nSPS) is 14.9. The number of amides is 1. The molecular formula is C25H34N4O6S. The van der Waals surface area contributed by atoms with Crippen LogP contribution in [0.1, 0.15) is 31.7 Å². The number of anilines is 1. The highest BCUT2D eigenvalue weighted by molar-refractivity contribution is 7.92. The van der Waals surface area contributed by atoms with Crippen molar-refractivity contribution in [2.75, 3.05) is 44.1 Å². The monoisotopic (exact) mass is 518 g/mol. The number of piperidine rings is 1. The summed E-state index contributed by atoms with van der Waals surface area (Å²) in [4.78, 5) is 25.7. The Labute approximate surface area is 212 Å². The molecule has 1 fully saturated rings. The Morgan fingerprint density at radius 1 is 1.19 bits per heavy atom. The number of nitro groups is 1. The minimum absolute atomic E-state index is 0.247. The zero-order valence-electron chi connectivity index (χ0n) is 21.0. The first-order valence-electron chi connectivity index (χ1n) is 12.0. The van der Waals surface area contributed by atoms with Crippen LogP contribution in [0.4, 0.5) is 11.4 Å². The molecule has 0 spiro atoms. The number of methoxy groups -OCH3 is 1. The maximum absolute atomic E-state index is 13.6. The zero-order valence-corrected chi connectivity index (χ0v) is 21.8. The van der Waals surface area contributed by atoms with Gasteiger partial charge < -0.3 is 15.0 Å². The van der Waals surface area contributed by atoms with Crippen molar-refractivity contribution < 1.29 is 22.9 Å². The SMILES string of the molecule is COc1ccc(N(CC(=O)NCCCN2CCC(C)CC2)S(=O)(=O)c2ccc(C)c([N+](=O)[O-])c2)cc1. The van der Waals surface area contributed by atoms with Gasteiger partial charge in [0.05, 0.1) is 22.6 Å². The van der Waals surface area contributed by atoms with Crippen molar-refractivity contribution in [1.82, 2.24) is 10.2 Å². The first-order chi connectivity index (χ1) is 17.1. The average molecular weight is 519 g/mol. The number of hydrogen-bond acceptors (Lipinski definition) is 7. The molecule has 36 heavy (non-hydrogen) atoms. The van der Waals surface area contributed by atoms with E-state index in [9.17, 15) is 23.3 Å². The van der Waals surface area contributed by atoms with Crippen molar-refractivity contribution in [1.29, 1.82) is 0 Å². The quantitative estimate of drug-likeness (QED) is 0.275. The number of carbonyl (C=O) groups excluding carboxylic acids is 1. The van der Waals surface area contributed by atoms with Gasteiger partial charge in [-0.15, -0.1) is 0 Å². The molecule has 0 radical (unpaired) electrons. The van der Waals surface area contributed by atoms with E-state index >= 15 is 0 Å². The highest BCUT2D eigenvalue weighted by atomic mass is 32.2. The fraction of sp³-hybridized carbons (Fsp3) is 0.480. The minimum atomic E-state index is -4.28. The maximum atomic E-state index is 13.6. The molecule has 0 bridgehead atoms. The van der Waals surface area contributed by atoms with Crippen LogP contribution in [-0.4, -0.2) is 64.0 Å². The fourth-order valence-corrected chi connectivity index (χ4v) is 5.58. The Kier molecular flexibility index (Phi) is 9.27. The number of carbonyl (C=O) groups is 1. The van der Waals surface area contributed by atoms with Crippen molar-refractivity contribution in [3.05, 3.63) is 58.1 Å². The lowest BCUT2D eigenvalue weighted by Gasteiger charge is -2.30. The van der Waals surface area contributed by atoms with E-state index in [0.717, 1.165) is 42.3 Å². The van der Waals surface area contributed by atoms with Gasteiger partial charge in [-0.3, -0.25) is 19.2 Å². The molecule has 1 aliphatic heterocycles. The molecule has 0 unspecified atom stereocenters. The van der Waals surface area contributed by atoms with Crippen LogP contribution in [0.15, 0.2) is 47.4 Å². The molecule has 1 heterocycles. The van der Waals surface area contributed by atoms with Crippen molar-refractivity contribution in [3.63, 3.8) is 0 Å². The summed E-state index contributed by atoms with van der Waals surface area (Å²) >= 11 is 0. The number of nitrogens with zero attached hydrogens (tertiary/aromatic N) is 3. The van der Waals surface area contributed by atoms with Gasteiger partial charge in [0.25, 0.3) is 15.7 Å². The molecule has 3 rings (SSSR count). The van der Waals surface area contributed by atoms with E-state index in [2.05, 4.69) is 17.1 Å². The first kappa shape index (κ1) is 27.4. The number of hydrogen-bond donors (Lipinski definition) is 1. The molecule has 0 saturated carbocycles. The van der Waals surface area contributed by atoms with Crippen molar-refractivity contribution in [2.45, 2.75) is 38.0 Å². The van der Waals surface area contributed by atoms with Gasteiger partial charge in [-0.2, -0.15) is 0 Å². The fourth-order valence-electron chi connectivity index (χ4n) is 4.14. The number of sulfonamides is 1. The molecule has 2 aromatic rings. The summed E-state index contributed by atoms with van der Waals surface area (Å²) in [6.45, 7) is 6.75. The van der Waals surface area contributed by atoms with Gasteiger partial charge in [0.2, 0.25) is 5.91 Å². The number of nitro benzene ring substituents is 1. The van der Waals surface area contributed by atoms with E-state index < -0.39 is 27.4 Å². The first-order valence-corrected chi connectivity index (χ1v) is 13.5. The Hall–Kier alpha value is -3.18. The summed E-state index contributed by atoms with van der Waals surface area (Å²) in [6.07, 6.45) is 3.12. The Morgan fingerprint density at radius 3 is 2.47 bits per heavy atom. The number of benzene rings is 2. The average Bonchev–Trinajstić information content (AvgIpc) is 2.86. The highest BCUT2D eigenvalue weighted by Gasteiger charge is 2.29. The number of likely N-dealkylation sites (tertiary alicyclic amines) is 1. The van der Waals surface area contributed by atoms with Crippen molar-refractivity contribution in [3.8, 4) is 5.75 Å². The second-order valence-electron chi connectivity index (χ2n) is 9.14. The molecule has 1 saturated heterocycles. The van der Waals surface area contributed by atoms with Crippen LogP contribution in [0.3, 0.4) is 0 Å². The lowest BCUT2D eigenvalue weighted by Crippen LogP contribution is -2.42. The third-order valence-electron chi connectivity index (χ3n) is 6.46. The Bertz CT molecular complexity index is 1160. The zero-order chi connectivity index (χ0) is 26.3. The van der Waals surface area contributed by atoms with Crippen LogP contribution in [0.2, 0.25) is 0 Å². The van der Waals surface area contributed by atoms with Gasteiger partial charge in [-0.25, -0.2) is 8.42 Å². The predicted molar refractivity (Wildman–Crippen MR) is 138 cm³/mol. The van der Waals surface area contributed by atoms with E-state index in [0.29, 0.717) is 17.9 Å². The summed E-state index contributed by atoms with van der Waals surface area (Å²) in [5.74, 6) is 0.823. The Morgan fingerprint density at radius 2 is 1.86 bits per heavy atom. The summed E-state index contributed by atoms with van der Waals surface area (Å²) in [5.41, 5.74) is 0.287.